The van der Waals surface area contributed by atoms with E-state index in [2.05, 4.69) is 28.6 Å². The first kappa shape index (κ1) is 26.1. The number of aromatic nitrogens is 1. The third-order valence-corrected chi connectivity index (χ3v) is 8.88. The zero-order valence-electron chi connectivity index (χ0n) is 21.5. The minimum absolute atomic E-state index is 0.000594. The quantitative estimate of drug-likeness (QED) is 0.648. The zero-order valence-corrected chi connectivity index (χ0v) is 21.5. The number of benzene rings is 1. The Balaban J connectivity index is 1.18. The number of alkyl halides is 3. The minimum atomic E-state index is -4.35. The molecule has 1 aromatic heterocycles. The van der Waals surface area contributed by atoms with Crippen LogP contribution in [0, 0.1) is 0 Å². The van der Waals surface area contributed by atoms with Crippen LogP contribution >= 0.6 is 0 Å². The average molecular weight is 516 g/mol. The second-order valence-corrected chi connectivity index (χ2v) is 11.2. The number of nitrogens with zero attached hydrogens (tertiary/aromatic N) is 4. The van der Waals surface area contributed by atoms with Gasteiger partial charge in [0.05, 0.1) is 17.1 Å². The Hall–Kier alpha value is -2.49. The van der Waals surface area contributed by atoms with E-state index in [0.717, 1.165) is 76.1 Å². The lowest BCUT2D eigenvalue weighted by Crippen LogP contribution is -2.63. The van der Waals surface area contributed by atoms with Gasteiger partial charge in [-0.1, -0.05) is 18.2 Å². The van der Waals surface area contributed by atoms with Crippen molar-refractivity contribution < 1.29 is 18.0 Å². The molecule has 0 bridgehead atoms. The van der Waals surface area contributed by atoms with Gasteiger partial charge in [0.1, 0.15) is 0 Å². The summed E-state index contributed by atoms with van der Waals surface area (Å²) < 4.78 is 38.8. The number of hydrogen-bond donors (Lipinski definition) is 1. The summed E-state index contributed by atoms with van der Waals surface area (Å²) in [5, 5.41) is 0. The molecule has 6 nitrogen and oxygen atoms in total. The number of piperazine rings is 1. The van der Waals surface area contributed by atoms with E-state index in [1.807, 2.05) is 23.2 Å². The second-order valence-electron chi connectivity index (χ2n) is 11.2. The minimum Gasteiger partial charge on any atom is -0.342 e. The van der Waals surface area contributed by atoms with Crippen molar-refractivity contribution >= 4 is 5.91 Å². The molecule has 3 fully saturated rings. The molecular weight excluding hydrogens is 479 g/mol. The number of hydrogen-bond acceptors (Lipinski definition) is 5. The number of carbonyl (C=O) groups excluding carboxylic acids is 1. The van der Waals surface area contributed by atoms with Gasteiger partial charge in [0, 0.05) is 56.7 Å². The third kappa shape index (κ3) is 5.01. The molecule has 2 saturated heterocycles. The van der Waals surface area contributed by atoms with E-state index < -0.39 is 17.9 Å². The van der Waals surface area contributed by atoms with E-state index in [1.54, 1.807) is 6.20 Å². The first-order valence-electron chi connectivity index (χ1n) is 13.2. The maximum Gasteiger partial charge on any atom is 0.416 e. The van der Waals surface area contributed by atoms with E-state index >= 15 is 0 Å². The number of amides is 1. The van der Waals surface area contributed by atoms with Crippen molar-refractivity contribution in [1.29, 1.82) is 0 Å². The highest BCUT2D eigenvalue weighted by Crippen LogP contribution is 2.50. The number of carbonyl (C=O) groups is 1. The topological polar surface area (TPSA) is 65.7 Å². The molecule has 2 aromatic rings. The number of likely N-dealkylation sites (tertiary alicyclic amines) is 1. The molecule has 1 saturated carbocycles. The Bertz CT molecular complexity index is 1100. The third-order valence-electron chi connectivity index (χ3n) is 8.88. The van der Waals surface area contributed by atoms with Crippen LogP contribution in [0.1, 0.15) is 62.4 Å². The highest BCUT2D eigenvalue weighted by Gasteiger charge is 2.54. The van der Waals surface area contributed by atoms with Gasteiger partial charge in [-0.15, -0.1) is 0 Å². The van der Waals surface area contributed by atoms with Crippen LogP contribution in [0.15, 0.2) is 48.8 Å². The van der Waals surface area contributed by atoms with Gasteiger partial charge < -0.3 is 10.6 Å². The summed E-state index contributed by atoms with van der Waals surface area (Å²) in [4.78, 5) is 24.4. The van der Waals surface area contributed by atoms with Gasteiger partial charge in [-0.3, -0.25) is 19.6 Å². The number of rotatable bonds is 5. The van der Waals surface area contributed by atoms with E-state index in [4.69, 9.17) is 5.73 Å². The molecule has 2 aliphatic heterocycles. The summed E-state index contributed by atoms with van der Waals surface area (Å²) in [6, 6.07) is 9.25. The van der Waals surface area contributed by atoms with E-state index in [9.17, 15) is 18.0 Å². The van der Waals surface area contributed by atoms with Crippen molar-refractivity contribution in [2.75, 3.05) is 32.7 Å². The van der Waals surface area contributed by atoms with Crippen LogP contribution in [0.4, 0.5) is 13.2 Å². The molecule has 1 aliphatic carbocycles. The fraction of sp³-hybridized carbons (Fsp3) is 0.571. The second kappa shape index (κ2) is 9.67. The zero-order chi connectivity index (χ0) is 26.4. The molecule has 3 aliphatic rings. The molecule has 0 radical (unpaired) electrons. The summed E-state index contributed by atoms with van der Waals surface area (Å²) in [7, 11) is 0. The number of nitrogens with two attached hydrogens (primary N) is 1. The normalized spacial score (nSPS) is 25.0. The fourth-order valence-corrected chi connectivity index (χ4v) is 6.14. The molecule has 2 atom stereocenters. The highest BCUT2D eigenvalue weighted by atomic mass is 19.4. The molecule has 2 N–H and O–H groups in total. The summed E-state index contributed by atoms with van der Waals surface area (Å²) in [6.45, 7) is 8.32. The molecule has 0 unspecified atom stereocenters. The molecule has 200 valence electrons. The van der Waals surface area contributed by atoms with Gasteiger partial charge in [-0.25, -0.2) is 0 Å². The van der Waals surface area contributed by atoms with Gasteiger partial charge in [0.2, 0.25) is 5.91 Å². The SMILES string of the molecule is C[C@H]1CN(C2(C)CCN(C(=O)C3(c4cccnc4)CC3)CC2)CCN1[C@@H](N)c1ccc(C(F)(F)F)cc1. The van der Waals surface area contributed by atoms with Crippen LogP contribution in [-0.4, -0.2) is 69.9 Å². The lowest BCUT2D eigenvalue weighted by atomic mass is 9.85. The van der Waals surface area contributed by atoms with Crippen LogP contribution in [0.5, 0.6) is 0 Å². The summed E-state index contributed by atoms with van der Waals surface area (Å²) in [5.74, 6) is 0.239. The first-order valence-corrected chi connectivity index (χ1v) is 13.2. The molecule has 0 spiro atoms. The van der Waals surface area contributed by atoms with Gasteiger partial charge in [-0.2, -0.15) is 13.2 Å². The predicted molar refractivity (Wildman–Crippen MR) is 135 cm³/mol. The van der Waals surface area contributed by atoms with Crippen LogP contribution in [0.2, 0.25) is 0 Å². The molecule has 9 heteroatoms. The maximum absolute atomic E-state index is 13.5. The summed E-state index contributed by atoms with van der Waals surface area (Å²) in [6.07, 6.45) is 2.39. The van der Waals surface area contributed by atoms with Gasteiger partial charge in [-0.05, 0) is 68.9 Å². The first-order chi connectivity index (χ1) is 17.5. The van der Waals surface area contributed by atoms with E-state index in [-0.39, 0.29) is 22.9 Å². The van der Waals surface area contributed by atoms with Crippen molar-refractivity contribution in [1.82, 2.24) is 19.7 Å². The van der Waals surface area contributed by atoms with Crippen LogP contribution < -0.4 is 5.73 Å². The van der Waals surface area contributed by atoms with Crippen LogP contribution in [0.25, 0.3) is 0 Å². The van der Waals surface area contributed by atoms with E-state index in [1.165, 1.54) is 12.1 Å². The summed E-state index contributed by atoms with van der Waals surface area (Å²) in [5.41, 5.74) is 7.18. The maximum atomic E-state index is 13.5. The van der Waals surface area contributed by atoms with Gasteiger partial charge >= 0.3 is 6.18 Å². The Morgan fingerprint density at radius 1 is 1.05 bits per heavy atom. The lowest BCUT2D eigenvalue weighted by molar-refractivity contribution is -0.138. The molecule has 1 aromatic carbocycles. The van der Waals surface area contributed by atoms with E-state index in [0.29, 0.717) is 5.56 Å². The van der Waals surface area contributed by atoms with Crippen molar-refractivity contribution in [3.05, 3.63) is 65.5 Å². The van der Waals surface area contributed by atoms with Crippen molar-refractivity contribution in [2.45, 2.75) is 68.9 Å². The molecule has 37 heavy (non-hydrogen) atoms. The monoisotopic (exact) mass is 515 g/mol. The largest absolute Gasteiger partial charge is 0.416 e. The molecule has 1 amide bonds. The van der Waals surface area contributed by atoms with Crippen molar-refractivity contribution in [3.63, 3.8) is 0 Å². The number of halogens is 3. The Kier molecular flexibility index (Phi) is 6.83. The van der Waals surface area contributed by atoms with Gasteiger partial charge in [0.15, 0.2) is 0 Å². The van der Waals surface area contributed by atoms with Crippen LogP contribution in [-0.2, 0) is 16.4 Å². The Morgan fingerprint density at radius 2 is 1.73 bits per heavy atom. The number of pyridine rings is 1. The fourth-order valence-electron chi connectivity index (χ4n) is 6.14. The number of piperidine rings is 1. The summed E-state index contributed by atoms with van der Waals surface area (Å²) >= 11 is 0. The Labute approximate surface area is 216 Å². The molecule has 5 rings (SSSR count). The van der Waals surface area contributed by atoms with Crippen molar-refractivity contribution in [3.8, 4) is 0 Å². The highest BCUT2D eigenvalue weighted by molar-refractivity contribution is 5.91. The molecular formula is C28H36F3N5O. The molecule has 3 heterocycles. The standard InChI is InChI=1S/C28H36F3N5O/c1-20-19-35(16-17-36(20)24(32)21-5-7-22(8-6-21)28(29,30)31)26(2)11-14-34(15-12-26)25(37)27(9-10-27)23-4-3-13-33-18-23/h3-8,13,18,20,24H,9-12,14-17,19,32H2,1-2H3/t20-,24+/m0/s1. The van der Waals surface area contributed by atoms with Gasteiger partial charge in [0.25, 0.3) is 0 Å². The van der Waals surface area contributed by atoms with Crippen molar-refractivity contribution in [2.24, 2.45) is 5.73 Å². The lowest BCUT2D eigenvalue weighted by Gasteiger charge is -2.52. The smallest absolute Gasteiger partial charge is 0.342 e. The predicted octanol–water partition coefficient (Wildman–Crippen LogP) is 4.18. The van der Waals surface area contributed by atoms with Crippen LogP contribution in [0.3, 0.4) is 0 Å². The Morgan fingerprint density at radius 3 is 2.27 bits per heavy atom. The average Bonchev–Trinajstić information content (AvgIpc) is 3.71.